The minimum atomic E-state index is 0.120. The lowest BCUT2D eigenvalue weighted by Gasteiger charge is -2.54. The molecule has 166 valence electrons. The average molecular weight is 492 g/mol. The second-order valence-corrected chi connectivity index (χ2v) is 9.95. The van der Waals surface area contributed by atoms with Gasteiger partial charge in [-0.3, -0.25) is 4.90 Å². The molecule has 3 aromatic carbocycles. The molecule has 2 aliphatic rings. The van der Waals surface area contributed by atoms with Crippen LogP contribution in [0.1, 0.15) is 47.6 Å². The lowest BCUT2D eigenvalue weighted by molar-refractivity contribution is 0.0708. The van der Waals surface area contributed by atoms with Crippen LogP contribution in [-0.4, -0.2) is 25.6 Å². The number of methoxy groups -OCH3 is 1. The summed E-state index contributed by atoms with van der Waals surface area (Å²) in [4.78, 5) is 2.55. The molecule has 32 heavy (non-hydrogen) atoms. The highest BCUT2D eigenvalue weighted by Crippen LogP contribution is 2.57. The van der Waals surface area contributed by atoms with E-state index < -0.39 is 0 Å². The Morgan fingerprint density at radius 1 is 1.00 bits per heavy atom. The lowest BCUT2D eigenvalue weighted by atomic mass is 9.57. The van der Waals surface area contributed by atoms with Gasteiger partial charge in [0.25, 0.3) is 0 Å². The molecule has 3 aromatic rings. The number of ether oxygens (including phenoxy) is 2. The summed E-state index contributed by atoms with van der Waals surface area (Å²) in [6.07, 6.45) is 4.71. The maximum Gasteiger partial charge on any atom is 0.162 e. The third-order valence-electron chi connectivity index (χ3n) is 7.31. The van der Waals surface area contributed by atoms with Crippen LogP contribution in [0.5, 0.6) is 11.5 Å². The molecule has 1 saturated carbocycles. The molecule has 0 saturated heterocycles. The first-order valence-corrected chi connectivity index (χ1v) is 12.2. The van der Waals surface area contributed by atoms with Crippen molar-refractivity contribution in [1.29, 1.82) is 0 Å². The van der Waals surface area contributed by atoms with Crippen LogP contribution < -0.4 is 9.47 Å². The van der Waals surface area contributed by atoms with E-state index in [9.17, 15) is 0 Å². The molecule has 1 aliphatic carbocycles. The van der Waals surface area contributed by atoms with E-state index in [1.807, 2.05) is 18.2 Å². The zero-order valence-corrected chi connectivity index (χ0v) is 20.4. The van der Waals surface area contributed by atoms with Crippen molar-refractivity contribution in [2.75, 3.05) is 20.7 Å². The Morgan fingerprint density at radius 3 is 2.44 bits per heavy atom. The zero-order chi connectivity index (χ0) is 22.1. The molecule has 1 heterocycles. The Labute approximate surface area is 199 Å². The molecule has 0 bridgehead atoms. The van der Waals surface area contributed by atoms with Crippen molar-refractivity contribution in [2.45, 2.75) is 43.7 Å². The molecule has 0 amide bonds. The number of likely N-dealkylation sites (N-methyl/N-ethyl adjacent to an activating group) is 1. The number of benzene rings is 3. The summed E-state index contributed by atoms with van der Waals surface area (Å²) in [5, 5.41) is 0. The van der Waals surface area contributed by atoms with Crippen molar-refractivity contribution in [1.82, 2.24) is 4.90 Å². The van der Waals surface area contributed by atoms with Gasteiger partial charge in [-0.1, -0.05) is 70.9 Å². The van der Waals surface area contributed by atoms with Gasteiger partial charge in [0.2, 0.25) is 0 Å². The summed E-state index contributed by atoms with van der Waals surface area (Å²) in [7, 11) is 4.01. The molecular formula is C28H30BrNO2. The molecule has 0 N–H and O–H groups in total. The topological polar surface area (TPSA) is 21.7 Å². The van der Waals surface area contributed by atoms with Gasteiger partial charge in [0.1, 0.15) is 6.61 Å². The maximum atomic E-state index is 6.30. The van der Waals surface area contributed by atoms with Crippen molar-refractivity contribution in [3.63, 3.8) is 0 Å². The lowest BCUT2D eigenvalue weighted by Crippen LogP contribution is -2.50. The second-order valence-electron chi connectivity index (χ2n) is 9.10. The normalized spacial score (nSPS) is 19.7. The van der Waals surface area contributed by atoms with Gasteiger partial charge in [0.15, 0.2) is 11.5 Å². The molecule has 5 rings (SSSR count). The minimum Gasteiger partial charge on any atom is -0.493 e. The van der Waals surface area contributed by atoms with Gasteiger partial charge < -0.3 is 9.47 Å². The smallest absolute Gasteiger partial charge is 0.162 e. The van der Waals surface area contributed by atoms with Crippen LogP contribution in [0, 0.1) is 0 Å². The summed E-state index contributed by atoms with van der Waals surface area (Å²) >= 11 is 3.86. The Morgan fingerprint density at radius 2 is 1.75 bits per heavy atom. The Bertz CT molecular complexity index is 1090. The van der Waals surface area contributed by atoms with E-state index in [0.29, 0.717) is 12.6 Å². The van der Waals surface area contributed by atoms with Crippen LogP contribution in [0.4, 0.5) is 0 Å². The number of fused-ring (bicyclic) bond motifs is 1. The summed E-state index contributed by atoms with van der Waals surface area (Å²) in [5.74, 6) is 1.66. The quantitative estimate of drug-likeness (QED) is 0.383. The molecule has 1 aliphatic heterocycles. The van der Waals surface area contributed by atoms with Gasteiger partial charge >= 0.3 is 0 Å². The van der Waals surface area contributed by atoms with E-state index in [1.165, 1.54) is 40.4 Å². The zero-order valence-electron chi connectivity index (χ0n) is 18.8. The molecule has 0 radical (unpaired) electrons. The highest BCUT2D eigenvalue weighted by Gasteiger charge is 2.50. The highest BCUT2D eigenvalue weighted by molar-refractivity contribution is 9.10. The van der Waals surface area contributed by atoms with E-state index in [-0.39, 0.29) is 5.41 Å². The first-order chi connectivity index (χ1) is 15.6. The van der Waals surface area contributed by atoms with E-state index in [4.69, 9.17) is 9.47 Å². The minimum absolute atomic E-state index is 0.120. The van der Waals surface area contributed by atoms with Crippen molar-refractivity contribution < 1.29 is 9.47 Å². The monoisotopic (exact) mass is 491 g/mol. The highest BCUT2D eigenvalue weighted by atomic mass is 79.9. The fourth-order valence-electron chi connectivity index (χ4n) is 5.59. The van der Waals surface area contributed by atoms with Gasteiger partial charge in [-0.05, 0) is 66.8 Å². The van der Waals surface area contributed by atoms with Crippen LogP contribution in [-0.2, 0) is 18.4 Å². The van der Waals surface area contributed by atoms with E-state index in [2.05, 4.69) is 76.4 Å². The van der Waals surface area contributed by atoms with Crippen LogP contribution in [0.3, 0.4) is 0 Å². The number of halogens is 1. The number of hydrogen-bond donors (Lipinski definition) is 0. The van der Waals surface area contributed by atoms with Gasteiger partial charge in [-0.25, -0.2) is 0 Å². The van der Waals surface area contributed by atoms with Crippen LogP contribution in [0.2, 0.25) is 0 Å². The number of nitrogens with zero attached hydrogens (tertiary/aromatic N) is 1. The summed E-state index contributed by atoms with van der Waals surface area (Å²) in [6, 6.07) is 23.9. The summed E-state index contributed by atoms with van der Waals surface area (Å²) < 4.78 is 13.3. The maximum absolute atomic E-state index is 6.30. The van der Waals surface area contributed by atoms with Crippen LogP contribution >= 0.6 is 15.9 Å². The molecular weight excluding hydrogens is 462 g/mol. The molecule has 1 unspecified atom stereocenters. The van der Waals surface area contributed by atoms with Gasteiger partial charge in [0.05, 0.1) is 7.11 Å². The molecule has 1 atom stereocenters. The standard InChI is InChI=1S/C28H30BrNO2/c1-30-16-13-21-17-25(31-2)26(32-19-20-9-4-3-5-10-20)18-22(21)27(30)28(14-8-15-28)23-11-6-7-12-24(23)29/h3-7,9-12,17-18,27H,8,13-16,19H2,1-2H3. The summed E-state index contributed by atoms with van der Waals surface area (Å²) in [6.45, 7) is 1.59. The van der Waals surface area contributed by atoms with Gasteiger partial charge in [-0.2, -0.15) is 0 Å². The average Bonchev–Trinajstić information content (AvgIpc) is 2.79. The number of rotatable bonds is 6. The third-order valence-corrected chi connectivity index (χ3v) is 8.00. The Hall–Kier alpha value is -2.30. The largest absolute Gasteiger partial charge is 0.493 e. The molecule has 0 aromatic heterocycles. The van der Waals surface area contributed by atoms with Crippen LogP contribution in [0.15, 0.2) is 71.2 Å². The molecule has 1 fully saturated rings. The predicted octanol–water partition coefficient (Wildman–Crippen LogP) is 6.69. The van der Waals surface area contributed by atoms with Gasteiger partial charge in [-0.15, -0.1) is 0 Å². The predicted molar refractivity (Wildman–Crippen MR) is 133 cm³/mol. The van der Waals surface area contributed by atoms with Crippen molar-refractivity contribution >= 4 is 15.9 Å². The van der Waals surface area contributed by atoms with E-state index in [1.54, 1.807) is 7.11 Å². The van der Waals surface area contributed by atoms with Gasteiger partial charge in [0, 0.05) is 22.5 Å². The van der Waals surface area contributed by atoms with Crippen molar-refractivity contribution in [3.8, 4) is 11.5 Å². The van der Waals surface area contributed by atoms with Crippen LogP contribution in [0.25, 0.3) is 0 Å². The third kappa shape index (κ3) is 3.74. The van der Waals surface area contributed by atoms with E-state index in [0.717, 1.165) is 30.0 Å². The Kier molecular flexibility index (Phi) is 6.00. The fraction of sp³-hybridized carbons (Fsp3) is 0.357. The number of hydrogen-bond acceptors (Lipinski definition) is 3. The first-order valence-electron chi connectivity index (χ1n) is 11.5. The molecule has 0 spiro atoms. The SMILES string of the molecule is COc1cc2c(cc1OCc1ccccc1)C(C1(c3ccccc3Br)CCC1)N(C)CC2. The molecule has 3 nitrogen and oxygen atoms in total. The van der Waals surface area contributed by atoms with Crippen molar-refractivity contribution in [2.24, 2.45) is 0 Å². The first kappa shape index (κ1) is 21.5. The summed E-state index contributed by atoms with van der Waals surface area (Å²) in [5.41, 5.74) is 5.48. The molecule has 4 heteroatoms. The van der Waals surface area contributed by atoms with E-state index >= 15 is 0 Å². The fourth-order valence-corrected chi connectivity index (χ4v) is 6.27. The Balaban J connectivity index is 1.56. The van der Waals surface area contributed by atoms with Crippen molar-refractivity contribution in [3.05, 3.63) is 93.5 Å². The second kappa shape index (κ2) is 8.92.